The SMILES string of the molecule is [C-]#[N+]C1=C(F)/C(=C(/C#N)c2cc([N+]#[C-])cc([N+]#[C-])c2)c2c(OC(F)(F)F)c3c(c(OC(F)(F)F)c21)/C(=C(\C#N)c1cc(C#N)cc(C#N)c1)C(F)=C3C#N. The molecule has 0 fully saturated rings. The van der Waals surface area contributed by atoms with Gasteiger partial charge in [-0.15, -0.1) is 26.3 Å². The van der Waals surface area contributed by atoms with Gasteiger partial charge in [0.2, 0.25) is 5.70 Å². The van der Waals surface area contributed by atoms with Crippen LogP contribution >= 0.6 is 0 Å². The molecule has 3 aromatic carbocycles. The van der Waals surface area contributed by atoms with E-state index >= 15 is 8.78 Å². The average molecular weight is 734 g/mol. The lowest BCUT2D eigenvalue weighted by Gasteiger charge is -2.23. The fraction of sp³-hybridized carbons (Fsp3) is 0.0556. The lowest BCUT2D eigenvalue weighted by molar-refractivity contribution is -0.277. The van der Waals surface area contributed by atoms with Crippen LogP contribution in [-0.2, 0) is 0 Å². The van der Waals surface area contributed by atoms with Gasteiger partial charge in [0.1, 0.15) is 41.1 Å². The summed E-state index contributed by atoms with van der Waals surface area (Å²) in [5, 5.41) is 49.4. The summed E-state index contributed by atoms with van der Waals surface area (Å²) in [5.41, 5.74) is -16.1. The van der Waals surface area contributed by atoms with Gasteiger partial charge in [-0.25, -0.2) is 23.3 Å². The number of hydrogen-bond donors (Lipinski definition) is 0. The molecular weight excluding hydrogens is 728 g/mol. The van der Waals surface area contributed by atoms with Crippen molar-refractivity contribution >= 4 is 44.9 Å². The Morgan fingerprint density at radius 3 is 1.41 bits per heavy atom. The Bertz CT molecular complexity index is 2500. The second-order valence-electron chi connectivity index (χ2n) is 10.5. The number of benzene rings is 3. The van der Waals surface area contributed by atoms with Gasteiger partial charge < -0.3 is 9.47 Å². The average Bonchev–Trinajstić information content (AvgIpc) is 3.59. The van der Waals surface area contributed by atoms with Gasteiger partial charge in [-0.05, 0) is 29.3 Å². The van der Waals surface area contributed by atoms with Crippen molar-refractivity contribution in [2.45, 2.75) is 12.7 Å². The third-order valence-electron chi connectivity index (χ3n) is 7.57. The van der Waals surface area contributed by atoms with E-state index in [1.54, 1.807) is 12.1 Å². The van der Waals surface area contributed by atoms with Gasteiger partial charge in [-0.1, -0.05) is 18.2 Å². The molecule has 258 valence electrons. The van der Waals surface area contributed by atoms with E-state index in [0.717, 1.165) is 36.4 Å². The Hall–Kier alpha value is -8.42. The number of allylic oxidation sites excluding steroid dienone is 7. The van der Waals surface area contributed by atoms with Crippen LogP contribution < -0.4 is 9.47 Å². The van der Waals surface area contributed by atoms with E-state index in [0.29, 0.717) is 0 Å². The first-order chi connectivity index (χ1) is 25.5. The normalized spacial score (nSPS) is 14.8. The lowest BCUT2D eigenvalue weighted by atomic mass is 9.87. The summed E-state index contributed by atoms with van der Waals surface area (Å²) >= 11 is 0. The minimum atomic E-state index is -5.87. The highest BCUT2D eigenvalue weighted by molar-refractivity contribution is 6.21. The molecule has 10 nitrogen and oxygen atoms in total. The number of nitrogens with zero attached hydrogens (tertiary/aromatic N) is 8. The molecular formula is C36H6F8N8O2. The molecule has 2 aliphatic rings. The Kier molecular flexibility index (Phi) is 9.12. The topological polar surface area (TPSA) is 150 Å². The van der Waals surface area contributed by atoms with Crippen molar-refractivity contribution in [2.24, 2.45) is 0 Å². The number of fused-ring (bicyclic) bond motifs is 2. The predicted octanol–water partition coefficient (Wildman–Crippen LogP) is 9.99. The molecule has 0 unspecified atom stereocenters. The molecule has 0 spiro atoms. The van der Waals surface area contributed by atoms with Gasteiger partial charge in [0.15, 0.2) is 17.2 Å². The van der Waals surface area contributed by atoms with E-state index in [4.69, 9.17) is 19.7 Å². The van der Waals surface area contributed by atoms with Crippen LogP contribution in [0.4, 0.5) is 46.5 Å². The molecule has 5 rings (SSSR count). The summed E-state index contributed by atoms with van der Waals surface area (Å²) in [6.45, 7) is 22.3. The summed E-state index contributed by atoms with van der Waals surface area (Å²) in [7, 11) is 0. The fourth-order valence-electron chi connectivity index (χ4n) is 5.74. The third kappa shape index (κ3) is 6.12. The monoisotopic (exact) mass is 734 g/mol. The number of rotatable bonds is 4. The molecule has 0 aromatic heterocycles. The van der Waals surface area contributed by atoms with E-state index in [1.807, 2.05) is 0 Å². The van der Waals surface area contributed by atoms with Crippen LogP contribution in [0.1, 0.15) is 44.5 Å². The van der Waals surface area contributed by atoms with Gasteiger partial charge in [-0.3, -0.25) is 0 Å². The molecule has 2 aliphatic carbocycles. The Morgan fingerprint density at radius 2 is 1.00 bits per heavy atom. The molecule has 18 heteroatoms. The second kappa shape index (κ2) is 13.4. The van der Waals surface area contributed by atoms with Gasteiger partial charge >= 0.3 is 12.7 Å². The Balaban J connectivity index is 2.15. The lowest BCUT2D eigenvalue weighted by Crippen LogP contribution is -2.22. The van der Waals surface area contributed by atoms with Crippen LogP contribution in [0.3, 0.4) is 0 Å². The molecule has 0 heterocycles. The second-order valence-corrected chi connectivity index (χ2v) is 10.5. The summed E-state index contributed by atoms with van der Waals surface area (Å²) < 4.78 is 127. The van der Waals surface area contributed by atoms with E-state index < -0.39 is 103 Å². The van der Waals surface area contributed by atoms with Gasteiger partial charge in [0.25, 0.3) is 0 Å². The smallest absolute Gasteiger partial charge is 0.406 e. The van der Waals surface area contributed by atoms with E-state index in [-0.39, 0.29) is 22.5 Å². The molecule has 54 heavy (non-hydrogen) atoms. The number of ether oxygens (including phenoxy) is 2. The molecule has 0 saturated heterocycles. The molecule has 0 radical (unpaired) electrons. The first kappa shape index (κ1) is 36.9. The first-order valence-corrected chi connectivity index (χ1v) is 14.0. The highest BCUT2D eigenvalue weighted by Crippen LogP contribution is 2.63. The van der Waals surface area contributed by atoms with E-state index in [1.165, 1.54) is 18.2 Å². The van der Waals surface area contributed by atoms with Crippen LogP contribution in [0, 0.1) is 76.4 Å². The van der Waals surface area contributed by atoms with Crippen molar-refractivity contribution < 1.29 is 44.6 Å². The van der Waals surface area contributed by atoms with Crippen molar-refractivity contribution in [2.75, 3.05) is 0 Å². The predicted molar refractivity (Wildman–Crippen MR) is 168 cm³/mol. The van der Waals surface area contributed by atoms with Gasteiger partial charge in [0, 0.05) is 27.8 Å². The maximum absolute atomic E-state index is 16.5. The molecule has 0 bridgehead atoms. The van der Waals surface area contributed by atoms with Crippen LogP contribution in [0.5, 0.6) is 11.5 Å². The van der Waals surface area contributed by atoms with E-state index in [9.17, 15) is 52.7 Å². The minimum absolute atomic E-state index is 0.343. The van der Waals surface area contributed by atoms with Crippen LogP contribution in [0.2, 0.25) is 0 Å². The van der Waals surface area contributed by atoms with Gasteiger partial charge in [-0.2, -0.15) is 26.3 Å². The quantitative estimate of drug-likeness (QED) is 0.147. The first-order valence-electron chi connectivity index (χ1n) is 14.0. The van der Waals surface area contributed by atoms with Crippen LogP contribution in [-0.4, -0.2) is 12.7 Å². The number of alkyl halides is 6. The molecule has 3 aromatic rings. The molecule has 0 saturated carbocycles. The summed E-state index contributed by atoms with van der Waals surface area (Å²) in [4.78, 5) is 9.06. The Labute approximate surface area is 297 Å². The summed E-state index contributed by atoms with van der Waals surface area (Å²) in [6, 6.07) is 12.9. The number of nitriles is 5. The van der Waals surface area contributed by atoms with Gasteiger partial charge in [0.05, 0.1) is 59.7 Å². The fourth-order valence-corrected chi connectivity index (χ4v) is 5.74. The summed E-state index contributed by atoms with van der Waals surface area (Å²) in [5.74, 6) is -7.45. The van der Waals surface area contributed by atoms with Crippen molar-refractivity contribution in [1.82, 2.24) is 0 Å². The van der Waals surface area contributed by atoms with Crippen LogP contribution in [0.25, 0.3) is 48.1 Å². The zero-order valence-corrected chi connectivity index (χ0v) is 25.9. The zero-order valence-electron chi connectivity index (χ0n) is 25.9. The maximum Gasteiger partial charge on any atom is 0.573 e. The third-order valence-corrected chi connectivity index (χ3v) is 7.57. The molecule has 0 N–H and O–H groups in total. The van der Waals surface area contributed by atoms with Crippen molar-refractivity contribution in [1.29, 1.82) is 26.3 Å². The largest absolute Gasteiger partial charge is 0.573 e. The number of halogens is 8. The molecule has 0 amide bonds. The zero-order chi connectivity index (χ0) is 39.9. The van der Waals surface area contributed by atoms with Crippen LogP contribution in [0.15, 0.2) is 48.1 Å². The highest BCUT2D eigenvalue weighted by atomic mass is 19.4. The van der Waals surface area contributed by atoms with Crippen molar-refractivity contribution in [3.8, 4) is 41.8 Å². The Morgan fingerprint density at radius 1 is 0.556 bits per heavy atom. The highest BCUT2D eigenvalue weighted by Gasteiger charge is 2.49. The maximum atomic E-state index is 16.5. The number of hydrogen-bond acceptors (Lipinski definition) is 7. The molecule has 0 aliphatic heterocycles. The molecule has 0 atom stereocenters. The van der Waals surface area contributed by atoms with Crippen molar-refractivity contribution in [3.05, 3.63) is 127 Å². The summed E-state index contributed by atoms with van der Waals surface area (Å²) in [6.07, 6.45) is -11.7. The standard InChI is InChI=1S/C36H6F8N8O2/c1-50-19-7-18(8-20(9-19)51-2)22(13-48)25-28-29(32(52-3)31(25)38)34(54-36(42,43)44)27-24(21(12-47)17-5-15(10-45)4-16(6-17)11-46)30(37)23(14-49)26(27)33(28)53-35(39,40)41/h4-9H/b24-21-,25-22-. The van der Waals surface area contributed by atoms with Crippen molar-refractivity contribution in [3.63, 3.8) is 0 Å². The minimum Gasteiger partial charge on any atom is -0.406 e. The van der Waals surface area contributed by atoms with E-state index in [2.05, 4.69) is 24.0 Å².